The van der Waals surface area contributed by atoms with Crippen LogP contribution in [0.25, 0.3) is 0 Å². The lowest BCUT2D eigenvalue weighted by molar-refractivity contribution is 0.809. The lowest BCUT2D eigenvalue weighted by Gasteiger charge is -2.12. The highest BCUT2D eigenvalue weighted by atomic mass is 15.0. The Hall–Kier alpha value is -1.94. The lowest BCUT2D eigenvalue weighted by Crippen LogP contribution is -2.15. The summed E-state index contributed by atoms with van der Waals surface area (Å²) in [6.07, 6.45) is 0. The van der Waals surface area contributed by atoms with Crippen LogP contribution < -0.4 is 11.5 Å². The molecule has 4 heteroatoms. The molecule has 16 heavy (non-hydrogen) atoms. The highest BCUT2D eigenvalue weighted by molar-refractivity contribution is 5.35. The Labute approximate surface area is 94.3 Å². The minimum Gasteiger partial charge on any atom is -0.384 e. The summed E-state index contributed by atoms with van der Waals surface area (Å²) < 4.78 is 0. The number of hydrogen-bond acceptors (Lipinski definition) is 4. The Morgan fingerprint density at radius 2 is 1.81 bits per heavy atom. The van der Waals surface area contributed by atoms with Gasteiger partial charge in [-0.3, -0.25) is 0 Å². The molecule has 4 N–H and O–H groups in total. The van der Waals surface area contributed by atoms with E-state index in [4.69, 9.17) is 11.5 Å². The second-order valence-electron chi connectivity index (χ2n) is 3.65. The van der Waals surface area contributed by atoms with Crippen LogP contribution in [0.2, 0.25) is 0 Å². The maximum atomic E-state index is 6.11. The van der Waals surface area contributed by atoms with E-state index >= 15 is 0 Å². The van der Waals surface area contributed by atoms with Gasteiger partial charge in [-0.05, 0) is 12.5 Å². The van der Waals surface area contributed by atoms with E-state index in [0.29, 0.717) is 11.6 Å². The number of nitrogens with zero attached hydrogens (tertiary/aromatic N) is 2. The highest BCUT2D eigenvalue weighted by Crippen LogP contribution is 2.18. The molecule has 1 aromatic carbocycles. The molecule has 0 amide bonds. The van der Waals surface area contributed by atoms with Gasteiger partial charge in [-0.25, -0.2) is 9.97 Å². The largest absolute Gasteiger partial charge is 0.384 e. The van der Waals surface area contributed by atoms with Crippen molar-refractivity contribution in [3.05, 3.63) is 53.5 Å². The Morgan fingerprint density at radius 3 is 2.44 bits per heavy atom. The highest BCUT2D eigenvalue weighted by Gasteiger charge is 2.11. The van der Waals surface area contributed by atoms with Crippen molar-refractivity contribution in [3.63, 3.8) is 0 Å². The molecule has 1 atom stereocenters. The standard InChI is InChI=1S/C12H14N4/c1-8-15-10(7-11(13)16-8)12(14)9-5-3-2-4-6-9/h2-7,12H,14H2,1H3,(H2,13,15,16). The van der Waals surface area contributed by atoms with E-state index in [1.807, 2.05) is 30.3 Å². The van der Waals surface area contributed by atoms with Crippen molar-refractivity contribution < 1.29 is 0 Å². The number of nitrogen functional groups attached to an aromatic ring is 1. The number of nitrogens with two attached hydrogens (primary N) is 2. The van der Waals surface area contributed by atoms with Gasteiger partial charge in [-0.1, -0.05) is 30.3 Å². The van der Waals surface area contributed by atoms with Crippen molar-refractivity contribution in [2.24, 2.45) is 5.73 Å². The molecule has 1 heterocycles. The first-order valence-corrected chi connectivity index (χ1v) is 5.08. The smallest absolute Gasteiger partial charge is 0.128 e. The molecule has 0 aliphatic rings. The molecule has 1 aromatic heterocycles. The number of benzene rings is 1. The zero-order valence-corrected chi connectivity index (χ0v) is 9.09. The summed E-state index contributed by atoms with van der Waals surface area (Å²) in [6.45, 7) is 1.80. The van der Waals surface area contributed by atoms with Crippen LogP contribution in [-0.2, 0) is 0 Å². The van der Waals surface area contributed by atoms with Crippen molar-refractivity contribution in [1.29, 1.82) is 0 Å². The molecular weight excluding hydrogens is 200 g/mol. The monoisotopic (exact) mass is 214 g/mol. The fourth-order valence-corrected chi connectivity index (χ4v) is 1.61. The summed E-state index contributed by atoms with van der Waals surface area (Å²) in [5.74, 6) is 1.09. The molecule has 0 saturated carbocycles. The SMILES string of the molecule is Cc1nc(N)cc(C(N)c2ccccc2)n1. The van der Waals surface area contributed by atoms with E-state index in [2.05, 4.69) is 9.97 Å². The summed E-state index contributed by atoms with van der Waals surface area (Å²) in [4.78, 5) is 8.32. The number of aryl methyl sites for hydroxylation is 1. The van der Waals surface area contributed by atoms with Crippen LogP contribution in [0.1, 0.15) is 23.1 Å². The van der Waals surface area contributed by atoms with Gasteiger partial charge in [0.2, 0.25) is 0 Å². The molecule has 82 valence electrons. The molecule has 0 aliphatic carbocycles. The molecular formula is C12H14N4. The first-order chi connectivity index (χ1) is 7.66. The molecule has 0 aliphatic heterocycles. The van der Waals surface area contributed by atoms with E-state index < -0.39 is 0 Å². The normalized spacial score (nSPS) is 12.4. The van der Waals surface area contributed by atoms with Crippen LogP contribution in [0.4, 0.5) is 5.82 Å². The van der Waals surface area contributed by atoms with Crippen LogP contribution in [0.3, 0.4) is 0 Å². The summed E-state index contributed by atoms with van der Waals surface area (Å²) in [5.41, 5.74) is 13.5. The summed E-state index contributed by atoms with van der Waals surface area (Å²) >= 11 is 0. The third-order valence-corrected chi connectivity index (χ3v) is 2.35. The van der Waals surface area contributed by atoms with Crippen LogP contribution in [0.15, 0.2) is 36.4 Å². The summed E-state index contributed by atoms with van der Waals surface area (Å²) in [5, 5.41) is 0. The number of aromatic nitrogens is 2. The fraction of sp³-hybridized carbons (Fsp3) is 0.167. The van der Waals surface area contributed by atoms with Crippen LogP contribution >= 0.6 is 0 Å². The number of anilines is 1. The summed E-state index contributed by atoms with van der Waals surface area (Å²) in [6, 6.07) is 11.3. The first kappa shape index (κ1) is 10.6. The number of rotatable bonds is 2. The average Bonchev–Trinajstić information content (AvgIpc) is 2.28. The molecule has 0 radical (unpaired) electrons. The topological polar surface area (TPSA) is 77.8 Å². The van der Waals surface area contributed by atoms with E-state index in [-0.39, 0.29) is 6.04 Å². The Kier molecular flexibility index (Phi) is 2.83. The van der Waals surface area contributed by atoms with Gasteiger partial charge in [0.05, 0.1) is 11.7 Å². The third-order valence-electron chi connectivity index (χ3n) is 2.35. The van der Waals surface area contributed by atoms with Crippen molar-refractivity contribution in [2.45, 2.75) is 13.0 Å². The number of hydrogen-bond donors (Lipinski definition) is 2. The second kappa shape index (κ2) is 4.28. The Morgan fingerprint density at radius 1 is 1.12 bits per heavy atom. The maximum absolute atomic E-state index is 6.11. The van der Waals surface area contributed by atoms with Gasteiger partial charge in [0, 0.05) is 6.07 Å². The molecule has 0 bridgehead atoms. The predicted molar refractivity (Wildman–Crippen MR) is 63.7 cm³/mol. The van der Waals surface area contributed by atoms with E-state index in [0.717, 1.165) is 11.3 Å². The van der Waals surface area contributed by atoms with Gasteiger partial charge in [0.15, 0.2) is 0 Å². The van der Waals surface area contributed by atoms with Crippen molar-refractivity contribution >= 4 is 5.82 Å². The first-order valence-electron chi connectivity index (χ1n) is 5.08. The molecule has 4 nitrogen and oxygen atoms in total. The average molecular weight is 214 g/mol. The van der Waals surface area contributed by atoms with Crippen LogP contribution in [0.5, 0.6) is 0 Å². The molecule has 0 saturated heterocycles. The second-order valence-corrected chi connectivity index (χ2v) is 3.65. The molecule has 2 aromatic rings. The molecule has 1 unspecified atom stereocenters. The zero-order valence-electron chi connectivity index (χ0n) is 9.09. The molecule has 2 rings (SSSR count). The van der Waals surface area contributed by atoms with E-state index in [1.165, 1.54) is 0 Å². The minimum absolute atomic E-state index is 0.259. The molecule has 0 spiro atoms. The third kappa shape index (κ3) is 2.17. The van der Waals surface area contributed by atoms with E-state index in [9.17, 15) is 0 Å². The van der Waals surface area contributed by atoms with Gasteiger partial charge in [-0.15, -0.1) is 0 Å². The van der Waals surface area contributed by atoms with Gasteiger partial charge in [-0.2, -0.15) is 0 Å². The summed E-state index contributed by atoms with van der Waals surface area (Å²) in [7, 11) is 0. The quantitative estimate of drug-likeness (QED) is 0.792. The van der Waals surface area contributed by atoms with Crippen molar-refractivity contribution in [2.75, 3.05) is 5.73 Å². The van der Waals surface area contributed by atoms with Crippen molar-refractivity contribution in [3.8, 4) is 0 Å². The Bertz CT molecular complexity index is 461. The lowest BCUT2D eigenvalue weighted by atomic mass is 10.0. The van der Waals surface area contributed by atoms with E-state index in [1.54, 1.807) is 13.0 Å². The van der Waals surface area contributed by atoms with Crippen molar-refractivity contribution in [1.82, 2.24) is 9.97 Å². The van der Waals surface area contributed by atoms with Gasteiger partial charge >= 0.3 is 0 Å². The fourth-order valence-electron chi connectivity index (χ4n) is 1.61. The van der Waals surface area contributed by atoms with Gasteiger partial charge in [0.1, 0.15) is 11.6 Å². The predicted octanol–water partition coefficient (Wildman–Crippen LogP) is 1.42. The molecule has 0 fully saturated rings. The maximum Gasteiger partial charge on any atom is 0.128 e. The van der Waals surface area contributed by atoms with Crippen LogP contribution in [-0.4, -0.2) is 9.97 Å². The Balaban J connectivity index is 2.37. The zero-order chi connectivity index (χ0) is 11.5. The van der Waals surface area contributed by atoms with Crippen LogP contribution in [0, 0.1) is 6.92 Å². The minimum atomic E-state index is -0.259. The van der Waals surface area contributed by atoms with Gasteiger partial charge in [0.25, 0.3) is 0 Å². The van der Waals surface area contributed by atoms with Gasteiger partial charge < -0.3 is 11.5 Å².